The molecule has 111 valence electrons. The van der Waals surface area contributed by atoms with Gasteiger partial charge >= 0.3 is 0 Å². The molecular weight excluding hydrogens is 315 g/mol. The van der Waals surface area contributed by atoms with Crippen molar-refractivity contribution in [3.05, 3.63) is 88.0 Å². The largest absolute Gasteiger partial charge is 0.496 e. The van der Waals surface area contributed by atoms with Crippen molar-refractivity contribution in [1.29, 1.82) is 0 Å². The van der Waals surface area contributed by atoms with Gasteiger partial charge in [0.25, 0.3) is 0 Å². The Bertz CT molecular complexity index is 742. The van der Waals surface area contributed by atoms with E-state index in [4.69, 9.17) is 27.9 Å². The van der Waals surface area contributed by atoms with E-state index in [-0.39, 0.29) is 0 Å². The molecule has 0 unspecified atom stereocenters. The van der Waals surface area contributed by atoms with Gasteiger partial charge < -0.3 is 4.74 Å². The van der Waals surface area contributed by atoms with E-state index in [9.17, 15) is 0 Å². The normalized spacial score (nSPS) is 14.8. The SMILES string of the molecule is COC1=CC[CH]C(c2ccccc2Cl)=C1c1ccc(Cl)cc1. The molecule has 0 aliphatic heterocycles. The molecule has 2 aromatic rings. The second kappa shape index (κ2) is 6.60. The molecule has 0 spiro atoms. The van der Waals surface area contributed by atoms with Gasteiger partial charge in [-0.2, -0.15) is 0 Å². The third-order valence-electron chi connectivity index (χ3n) is 3.66. The average Bonchev–Trinajstić information content (AvgIpc) is 2.55. The molecule has 0 amide bonds. The molecule has 1 aliphatic rings. The second-order valence-electron chi connectivity index (χ2n) is 4.99. The van der Waals surface area contributed by atoms with Gasteiger partial charge in [0.2, 0.25) is 0 Å². The molecule has 0 saturated carbocycles. The number of allylic oxidation sites excluding steroid dienone is 3. The van der Waals surface area contributed by atoms with Crippen LogP contribution in [-0.2, 0) is 4.74 Å². The summed E-state index contributed by atoms with van der Waals surface area (Å²) in [4.78, 5) is 0. The highest BCUT2D eigenvalue weighted by atomic mass is 35.5. The Morgan fingerprint density at radius 3 is 2.36 bits per heavy atom. The van der Waals surface area contributed by atoms with Gasteiger partial charge in [-0.25, -0.2) is 0 Å². The Hall–Kier alpha value is -1.70. The lowest BCUT2D eigenvalue weighted by molar-refractivity contribution is 0.309. The standard InChI is InChI=1S/C19H15Cl2O/c1-22-18-8-4-6-16(15-5-2-3-7-17(15)21)19(18)13-9-11-14(20)12-10-13/h2-3,5-12H,4H2,1H3. The monoisotopic (exact) mass is 329 g/mol. The summed E-state index contributed by atoms with van der Waals surface area (Å²) < 4.78 is 5.59. The molecule has 0 saturated heterocycles. The van der Waals surface area contributed by atoms with E-state index in [1.54, 1.807) is 7.11 Å². The van der Waals surface area contributed by atoms with Crippen LogP contribution in [0.15, 0.2) is 60.4 Å². The Morgan fingerprint density at radius 2 is 1.68 bits per heavy atom. The Kier molecular flexibility index (Phi) is 4.56. The van der Waals surface area contributed by atoms with Crippen LogP contribution in [0.25, 0.3) is 11.1 Å². The molecule has 3 rings (SSSR count). The van der Waals surface area contributed by atoms with Crippen LogP contribution in [0.2, 0.25) is 10.0 Å². The van der Waals surface area contributed by atoms with Crippen LogP contribution in [0, 0.1) is 6.42 Å². The summed E-state index contributed by atoms with van der Waals surface area (Å²) in [7, 11) is 1.69. The van der Waals surface area contributed by atoms with Crippen LogP contribution in [0.3, 0.4) is 0 Å². The maximum atomic E-state index is 6.39. The van der Waals surface area contributed by atoms with Gasteiger partial charge in [-0.1, -0.05) is 53.5 Å². The maximum absolute atomic E-state index is 6.39. The van der Waals surface area contributed by atoms with Crippen molar-refractivity contribution in [2.45, 2.75) is 6.42 Å². The van der Waals surface area contributed by atoms with Crippen LogP contribution < -0.4 is 0 Å². The van der Waals surface area contributed by atoms with E-state index in [1.807, 2.05) is 48.5 Å². The predicted octanol–water partition coefficient (Wildman–Crippen LogP) is 6.04. The molecular formula is C19H15Cl2O. The summed E-state index contributed by atoms with van der Waals surface area (Å²) in [5, 5.41) is 1.45. The molecule has 0 N–H and O–H groups in total. The quantitative estimate of drug-likeness (QED) is 0.666. The first-order valence-corrected chi connectivity index (χ1v) is 7.79. The van der Waals surface area contributed by atoms with E-state index in [0.717, 1.165) is 39.5 Å². The van der Waals surface area contributed by atoms with Gasteiger partial charge in [0.15, 0.2) is 0 Å². The minimum atomic E-state index is 0.714. The zero-order chi connectivity index (χ0) is 15.5. The fourth-order valence-corrected chi connectivity index (χ4v) is 3.01. The Morgan fingerprint density at radius 1 is 0.955 bits per heavy atom. The first-order valence-electron chi connectivity index (χ1n) is 7.03. The summed E-state index contributed by atoms with van der Waals surface area (Å²) >= 11 is 12.4. The van der Waals surface area contributed by atoms with Gasteiger partial charge in [0.05, 0.1) is 7.11 Å². The van der Waals surface area contributed by atoms with E-state index >= 15 is 0 Å². The first-order chi connectivity index (χ1) is 10.7. The van der Waals surface area contributed by atoms with Crippen LogP contribution >= 0.6 is 23.2 Å². The molecule has 0 heterocycles. The van der Waals surface area contributed by atoms with Crippen LogP contribution in [-0.4, -0.2) is 7.11 Å². The van der Waals surface area contributed by atoms with Gasteiger partial charge in [-0.3, -0.25) is 0 Å². The van der Waals surface area contributed by atoms with E-state index in [0.29, 0.717) is 5.02 Å². The van der Waals surface area contributed by atoms with Crippen molar-refractivity contribution >= 4 is 34.3 Å². The van der Waals surface area contributed by atoms with Gasteiger partial charge in [-0.05, 0) is 53.8 Å². The summed E-state index contributed by atoms with van der Waals surface area (Å²) in [5.41, 5.74) is 4.20. The van der Waals surface area contributed by atoms with Gasteiger partial charge in [-0.15, -0.1) is 0 Å². The maximum Gasteiger partial charge on any atom is 0.123 e. The zero-order valence-electron chi connectivity index (χ0n) is 12.1. The molecule has 0 aromatic heterocycles. The number of ether oxygens (including phenoxy) is 1. The highest BCUT2D eigenvalue weighted by molar-refractivity contribution is 6.33. The first kappa shape index (κ1) is 15.2. The predicted molar refractivity (Wildman–Crippen MR) is 93.7 cm³/mol. The topological polar surface area (TPSA) is 9.23 Å². The Balaban J connectivity index is 2.22. The molecule has 1 nitrogen and oxygen atoms in total. The van der Waals surface area contributed by atoms with E-state index < -0.39 is 0 Å². The minimum Gasteiger partial charge on any atom is -0.496 e. The average molecular weight is 330 g/mol. The van der Waals surface area contributed by atoms with Crippen molar-refractivity contribution in [2.24, 2.45) is 0 Å². The van der Waals surface area contributed by atoms with E-state index in [1.165, 1.54) is 0 Å². The highest BCUT2D eigenvalue weighted by Gasteiger charge is 2.21. The lowest BCUT2D eigenvalue weighted by Crippen LogP contribution is -2.03. The molecule has 0 bridgehead atoms. The number of halogens is 2. The minimum absolute atomic E-state index is 0.714. The fraction of sp³-hybridized carbons (Fsp3) is 0.105. The second-order valence-corrected chi connectivity index (χ2v) is 5.83. The third kappa shape index (κ3) is 2.92. The lowest BCUT2D eigenvalue weighted by atomic mass is 9.86. The molecule has 22 heavy (non-hydrogen) atoms. The lowest BCUT2D eigenvalue weighted by Gasteiger charge is -2.22. The van der Waals surface area contributed by atoms with Gasteiger partial charge in [0.1, 0.15) is 5.76 Å². The van der Waals surface area contributed by atoms with Crippen LogP contribution in [0.5, 0.6) is 0 Å². The molecule has 0 fully saturated rings. The van der Waals surface area contributed by atoms with Crippen molar-refractivity contribution in [1.82, 2.24) is 0 Å². The van der Waals surface area contributed by atoms with Crippen molar-refractivity contribution in [2.75, 3.05) is 7.11 Å². The molecule has 1 radical (unpaired) electrons. The van der Waals surface area contributed by atoms with Crippen molar-refractivity contribution in [3.8, 4) is 0 Å². The highest BCUT2D eigenvalue weighted by Crippen LogP contribution is 2.40. The van der Waals surface area contributed by atoms with Crippen LogP contribution in [0.4, 0.5) is 0 Å². The summed E-state index contributed by atoms with van der Waals surface area (Å²) in [6.45, 7) is 0. The number of hydrogen-bond acceptors (Lipinski definition) is 1. The van der Waals surface area contributed by atoms with E-state index in [2.05, 4.69) is 12.5 Å². The number of rotatable bonds is 3. The summed E-state index contributed by atoms with van der Waals surface area (Å²) in [5.74, 6) is 0.861. The third-order valence-corrected chi connectivity index (χ3v) is 4.24. The molecule has 0 atom stereocenters. The number of hydrogen-bond donors (Lipinski definition) is 0. The summed E-state index contributed by atoms with van der Waals surface area (Å²) in [6, 6.07) is 15.6. The van der Waals surface area contributed by atoms with Gasteiger partial charge in [0, 0.05) is 15.6 Å². The molecule has 3 heteroatoms. The smallest absolute Gasteiger partial charge is 0.123 e. The Labute approximate surface area is 140 Å². The molecule has 2 aromatic carbocycles. The van der Waals surface area contributed by atoms with Crippen LogP contribution in [0.1, 0.15) is 17.5 Å². The molecule has 1 aliphatic carbocycles. The van der Waals surface area contributed by atoms with Crippen molar-refractivity contribution < 1.29 is 4.74 Å². The fourth-order valence-electron chi connectivity index (χ4n) is 2.64. The zero-order valence-corrected chi connectivity index (χ0v) is 13.7. The summed E-state index contributed by atoms with van der Waals surface area (Å²) in [6.07, 6.45) is 5.07. The number of benzene rings is 2. The number of methoxy groups -OCH3 is 1. The van der Waals surface area contributed by atoms with Crippen molar-refractivity contribution in [3.63, 3.8) is 0 Å².